The van der Waals surface area contributed by atoms with E-state index >= 15 is 0 Å². The third-order valence-electron chi connectivity index (χ3n) is 5.78. The highest BCUT2D eigenvalue weighted by molar-refractivity contribution is 7.89. The van der Waals surface area contributed by atoms with Crippen LogP contribution >= 0.6 is 0 Å². The third-order valence-corrected chi connectivity index (χ3v) is 7.57. The predicted molar refractivity (Wildman–Crippen MR) is 129 cm³/mol. The normalized spacial score (nSPS) is 15.9. The van der Waals surface area contributed by atoms with Crippen LogP contribution in [-0.4, -0.2) is 35.6 Å². The number of anilines is 2. The molecule has 4 aromatic rings. The number of alkyl halides is 3. The van der Waals surface area contributed by atoms with E-state index in [0.717, 1.165) is 17.7 Å². The average Bonchev–Trinajstić information content (AvgIpc) is 3.51. The molecule has 1 amide bonds. The fraction of sp³-hybridized carbons (Fsp3) is 0.160. The lowest BCUT2D eigenvalue weighted by atomic mass is 10.1. The summed E-state index contributed by atoms with van der Waals surface area (Å²) in [4.78, 5) is 12.3. The lowest BCUT2D eigenvalue weighted by Gasteiger charge is -2.18. The van der Waals surface area contributed by atoms with Gasteiger partial charge in [-0.05, 0) is 55.5 Å². The maximum Gasteiger partial charge on any atom is 0.424 e. The summed E-state index contributed by atoms with van der Waals surface area (Å²) in [5.74, 6) is -0.159. The SMILES string of the molecule is Cc1ccc(S(=O)(=O)N2C(=O)OCC2c2nnc(-c3ccccc3Nc3ccc(C(F)(F)F)cc3)o2)cc1. The first-order chi connectivity index (χ1) is 18.0. The van der Waals surface area contributed by atoms with Gasteiger partial charge in [-0.15, -0.1) is 10.2 Å². The molecule has 5 rings (SSSR count). The van der Waals surface area contributed by atoms with Gasteiger partial charge in [-0.25, -0.2) is 13.2 Å². The van der Waals surface area contributed by atoms with Crippen molar-refractivity contribution in [3.63, 3.8) is 0 Å². The second-order valence-electron chi connectivity index (χ2n) is 8.40. The van der Waals surface area contributed by atoms with Crippen LogP contribution in [0.15, 0.2) is 82.1 Å². The topological polar surface area (TPSA) is 115 Å². The summed E-state index contributed by atoms with van der Waals surface area (Å²) in [6.45, 7) is 1.48. The van der Waals surface area contributed by atoms with E-state index in [0.29, 0.717) is 21.2 Å². The molecule has 0 aliphatic carbocycles. The zero-order valence-electron chi connectivity index (χ0n) is 19.6. The Balaban J connectivity index is 1.43. The van der Waals surface area contributed by atoms with Gasteiger partial charge in [-0.1, -0.05) is 29.8 Å². The number of benzene rings is 3. The van der Waals surface area contributed by atoms with Crippen LogP contribution in [0.5, 0.6) is 0 Å². The summed E-state index contributed by atoms with van der Waals surface area (Å²) in [6.07, 6.45) is -5.53. The Labute approximate surface area is 214 Å². The molecule has 1 unspecified atom stereocenters. The first kappa shape index (κ1) is 25.3. The lowest BCUT2D eigenvalue weighted by molar-refractivity contribution is -0.137. The first-order valence-electron chi connectivity index (χ1n) is 11.2. The average molecular weight is 545 g/mol. The van der Waals surface area contributed by atoms with Gasteiger partial charge in [-0.2, -0.15) is 17.5 Å². The minimum atomic E-state index is -4.46. The van der Waals surface area contributed by atoms with Gasteiger partial charge in [0, 0.05) is 5.69 Å². The van der Waals surface area contributed by atoms with E-state index in [1.54, 1.807) is 43.3 Å². The summed E-state index contributed by atoms with van der Waals surface area (Å²) in [7, 11) is -4.28. The fourth-order valence-electron chi connectivity index (χ4n) is 3.82. The smallest absolute Gasteiger partial charge is 0.424 e. The van der Waals surface area contributed by atoms with Crippen LogP contribution in [-0.2, 0) is 20.9 Å². The van der Waals surface area contributed by atoms with Crippen LogP contribution in [0.4, 0.5) is 29.3 Å². The summed E-state index contributed by atoms with van der Waals surface area (Å²) in [5.41, 5.74) is 1.30. The molecule has 1 aliphatic heterocycles. The van der Waals surface area contributed by atoms with E-state index in [-0.39, 0.29) is 23.3 Å². The number of sulfonamides is 1. The Morgan fingerprint density at radius 2 is 1.66 bits per heavy atom. The number of nitrogens with zero attached hydrogens (tertiary/aromatic N) is 3. The Kier molecular flexibility index (Phi) is 6.31. The van der Waals surface area contributed by atoms with Crippen molar-refractivity contribution in [3.05, 3.63) is 89.8 Å². The second-order valence-corrected chi connectivity index (χ2v) is 10.2. The molecule has 3 aromatic carbocycles. The van der Waals surface area contributed by atoms with Crippen molar-refractivity contribution in [2.24, 2.45) is 0 Å². The fourth-order valence-corrected chi connectivity index (χ4v) is 5.27. The maximum absolute atomic E-state index is 13.2. The van der Waals surface area contributed by atoms with Crippen LogP contribution in [0.3, 0.4) is 0 Å². The number of amides is 1. The number of nitrogens with one attached hydrogen (secondary N) is 1. The molecule has 1 fully saturated rings. The van der Waals surface area contributed by atoms with Crippen molar-refractivity contribution in [2.45, 2.75) is 24.0 Å². The Morgan fingerprint density at radius 3 is 2.34 bits per heavy atom. The van der Waals surface area contributed by atoms with Gasteiger partial charge >= 0.3 is 12.3 Å². The number of rotatable bonds is 6. The number of hydrogen-bond acceptors (Lipinski definition) is 8. The van der Waals surface area contributed by atoms with Crippen LogP contribution in [0, 0.1) is 6.92 Å². The number of cyclic esters (lactones) is 1. The van der Waals surface area contributed by atoms with Crippen LogP contribution in [0.1, 0.15) is 23.1 Å². The molecule has 0 radical (unpaired) electrons. The number of hydrogen-bond donors (Lipinski definition) is 1. The number of halogens is 3. The number of aryl methyl sites for hydroxylation is 1. The molecule has 2 heterocycles. The molecule has 0 bridgehead atoms. The van der Waals surface area contributed by atoms with Crippen molar-refractivity contribution < 1.29 is 35.5 Å². The third kappa shape index (κ3) is 4.79. The number of para-hydroxylation sites is 1. The van der Waals surface area contributed by atoms with Crippen LogP contribution in [0.25, 0.3) is 11.5 Å². The molecular weight excluding hydrogens is 525 g/mol. The monoisotopic (exact) mass is 544 g/mol. The quantitative estimate of drug-likeness (QED) is 0.329. The van der Waals surface area contributed by atoms with Crippen molar-refractivity contribution in [3.8, 4) is 11.5 Å². The van der Waals surface area contributed by atoms with Crippen molar-refractivity contribution in [1.82, 2.24) is 14.5 Å². The highest BCUT2D eigenvalue weighted by Crippen LogP contribution is 2.36. The largest absolute Gasteiger partial charge is 0.446 e. The predicted octanol–water partition coefficient (Wildman–Crippen LogP) is 5.69. The molecule has 1 aliphatic rings. The first-order valence-corrected chi connectivity index (χ1v) is 12.6. The summed E-state index contributed by atoms with van der Waals surface area (Å²) >= 11 is 0. The number of ether oxygens (including phenoxy) is 1. The molecule has 0 saturated carbocycles. The molecule has 1 saturated heterocycles. The highest BCUT2D eigenvalue weighted by Gasteiger charge is 2.46. The van der Waals surface area contributed by atoms with Crippen molar-refractivity contribution >= 4 is 27.5 Å². The van der Waals surface area contributed by atoms with Crippen LogP contribution in [0.2, 0.25) is 0 Å². The summed E-state index contributed by atoms with van der Waals surface area (Å²) in [5, 5.41) is 11.0. The van der Waals surface area contributed by atoms with Gasteiger partial charge in [0.15, 0.2) is 6.04 Å². The Bertz CT molecular complexity index is 1590. The molecule has 13 heteroatoms. The van der Waals surface area contributed by atoms with Crippen molar-refractivity contribution in [1.29, 1.82) is 0 Å². The van der Waals surface area contributed by atoms with E-state index in [9.17, 15) is 26.4 Å². The van der Waals surface area contributed by atoms with Gasteiger partial charge in [-0.3, -0.25) is 0 Å². The minimum Gasteiger partial charge on any atom is -0.446 e. The Hall–Kier alpha value is -4.39. The van der Waals surface area contributed by atoms with E-state index in [1.165, 1.54) is 24.3 Å². The van der Waals surface area contributed by atoms with E-state index < -0.39 is 33.9 Å². The summed E-state index contributed by atoms with van der Waals surface area (Å²) in [6, 6.07) is 16.0. The molecule has 1 atom stereocenters. The molecule has 0 spiro atoms. The van der Waals surface area contributed by atoms with Crippen molar-refractivity contribution in [2.75, 3.05) is 11.9 Å². The van der Waals surface area contributed by atoms with Gasteiger partial charge in [0.25, 0.3) is 10.0 Å². The summed E-state index contributed by atoms with van der Waals surface area (Å²) < 4.78 is 76.4. The molecular formula is C25H19F3N4O5S. The second kappa shape index (κ2) is 9.49. The zero-order valence-corrected chi connectivity index (χ0v) is 20.5. The highest BCUT2D eigenvalue weighted by atomic mass is 32.2. The minimum absolute atomic E-state index is 0.00189. The number of carbonyl (C=O) groups is 1. The Morgan fingerprint density at radius 1 is 0.974 bits per heavy atom. The molecule has 1 N–H and O–H groups in total. The standard InChI is InChI=1S/C25H19F3N4O5S/c1-15-6-12-18(13-7-15)38(34,35)32-21(14-36-24(32)33)23-31-30-22(37-23)19-4-2-3-5-20(19)29-17-10-8-16(9-11-17)25(26,27)28/h2-13,21,29H,14H2,1H3. The van der Waals surface area contributed by atoms with E-state index in [1.807, 2.05) is 0 Å². The molecule has 38 heavy (non-hydrogen) atoms. The van der Waals surface area contributed by atoms with Gasteiger partial charge in [0.2, 0.25) is 11.8 Å². The number of carbonyl (C=O) groups excluding carboxylic acids is 1. The zero-order chi connectivity index (χ0) is 27.1. The van der Waals surface area contributed by atoms with Gasteiger partial charge < -0.3 is 14.5 Å². The lowest BCUT2D eigenvalue weighted by Crippen LogP contribution is -2.34. The molecule has 1 aromatic heterocycles. The van der Waals surface area contributed by atoms with Gasteiger partial charge in [0.1, 0.15) is 6.61 Å². The van der Waals surface area contributed by atoms with E-state index in [4.69, 9.17) is 9.15 Å². The molecule has 9 nitrogen and oxygen atoms in total. The number of aromatic nitrogens is 2. The maximum atomic E-state index is 13.2. The van der Waals surface area contributed by atoms with Crippen LogP contribution < -0.4 is 5.32 Å². The van der Waals surface area contributed by atoms with E-state index in [2.05, 4.69) is 15.5 Å². The van der Waals surface area contributed by atoms with Gasteiger partial charge in [0.05, 0.1) is 21.7 Å². The molecule has 196 valence electrons.